The number of nitrogens with one attached hydrogen (secondary N) is 1. The zero-order chi connectivity index (χ0) is 17.2. The Labute approximate surface area is 146 Å². The van der Waals surface area contributed by atoms with Crippen molar-refractivity contribution < 1.29 is 9.13 Å². The van der Waals surface area contributed by atoms with Gasteiger partial charge in [-0.25, -0.2) is 4.39 Å². The van der Waals surface area contributed by atoms with Gasteiger partial charge in [-0.2, -0.15) is 4.98 Å². The number of ether oxygens (including phenoxy) is 1. The van der Waals surface area contributed by atoms with Crippen LogP contribution < -0.4 is 10.1 Å². The van der Waals surface area contributed by atoms with E-state index in [0.717, 1.165) is 36.1 Å². The number of fused-ring (bicyclic) bond motifs is 1. The van der Waals surface area contributed by atoms with E-state index in [1.807, 2.05) is 24.3 Å². The van der Waals surface area contributed by atoms with Crippen LogP contribution in [0.5, 0.6) is 6.01 Å². The Kier molecular flexibility index (Phi) is 4.40. The molecule has 3 aromatic rings. The molecule has 1 aromatic heterocycles. The summed E-state index contributed by atoms with van der Waals surface area (Å²) in [7, 11) is 0. The quantitative estimate of drug-likeness (QED) is 0.789. The summed E-state index contributed by atoms with van der Waals surface area (Å²) in [6.07, 6.45) is 1.13. The van der Waals surface area contributed by atoms with Crippen LogP contribution in [0.1, 0.15) is 18.9 Å². The normalized spacial score (nSPS) is 20.7. The smallest absolute Gasteiger partial charge is 0.297 e. The molecule has 0 bridgehead atoms. The molecule has 1 aliphatic heterocycles. The van der Waals surface area contributed by atoms with Crippen LogP contribution in [0.25, 0.3) is 11.0 Å². The number of benzene rings is 2. The van der Waals surface area contributed by atoms with Gasteiger partial charge in [-0.15, -0.1) is 0 Å². The second kappa shape index (κ2) is 6.84. The van der Waals surface area contributed by atoms with Crippen LogP contribution in [0.2, 0.25) is 0 Å². The minimum atomic E-state index is -0.223. The van der Waals surface area contributed by atoms with Gasteiger partial charge < -0.3 is 10.1 Å². The molecular weight excluding hydrogens is 317 g/mol. The maximum Gasteiger partial charge on any atom is 0.297 e. The number of rotatable bonds is 4. The number of imidazole rings is 1. The van der Waals surface area contributed by atoms with Gasteiger partial charge in [0.2, 0.25) is 0 Å². The van der Waals surface area contributed by atoms with E-state index in [2.05, 4.69) is 16.8 Å². The SMILES string of the molecule is C[C@@H]1CNCC[C@H]1Oc1nc2ccccc2n1Cc1ccc(F)cc1. The Hall–Kier alpha value is -2.40. The van der Waals surface area contributed by atoms with Crippen molar-refractivity contribution in [3.8, 4) is 6.01 Å². The van der Waals surface area contributed by atoms with Crippen LogP contribution in [0.15, 0.2) is 48.5 Å². The van der Waals surface area contributed by atoms with Gasteiger partial charge >= 0.3 is 0 Å². The number of halogens is 1. The molecule has 1 N–H and O–H groups in total. The molecule has 130 valence electrons. The molecule has 1 fully saturated rings. The molecule has 0 unspecified atom stereocenters. The molecule has 0 radical (unpaired) electrons. The first-order chi connectivity index (χ1) is 12.2. The van der Waals surface area contributed by atoms with Gasteiger partial charge in [0.1, 0.15) is 11.9 Å². The van der Waals surface area contributed by atoms with Crippen molar-refractivity contribution in [2.45, 2.75) is 26.0 Å². The van der Waals surface area contributed by atoms with Crippen molar-refractivity contribution in [3.63, 3.8) is 0 Å². The molecule has 1 aliphatic rings. The highest BCUT2D eigenvalue weighted by Crippen LogP contribution is 2.26. The number of hydrogen-bond donors (Lipinski definition) is 1. The van der Waals surface area contributed by atoms with Crippen molar-refractivity contribution in [3.05, 3.63) is 59.9 Å². The lowest BCUT2D eigenvalue weighted by Gasteiger charge is -2.29. The molecule has 0 amide bonds. The third-order valence-electron chi connectivity index (χ3n) is 4.84. The predicted octanol–water partition coefficient (Wildman–Crippen LogP) is 3.60. The van der Waals surface area contributed by atoms with E-state index < -0.39 is 0 Å². The highest BCUT2D eigenvalue weighted by molar-refractivity contribution is 5.76. The van der Waals surface area contributed by atoms with Crippen molar-refractivity contribution in [2.24, 2.45) is 5.92 Å². The number of hydrogen-bond acceptors (Lipinski definition) is 3. The molecule has 2 atom stereocenters. The Morgan fingerprint density at radius 3 is 2.80 bits per heavy atom. The summed E-state index contributed by atoms with van der Waals surface area (Å²) in [6, 6.07) is 15.3. The third-order valence-corrected chi connectivity index (χ3v) is 4.84. The topological polar surface area (TPSA) is 39.1 Å². The number of aromatic nitrogens is 2. The summed E-state index contributed by atoms with van der Waals surface area (Å²) in [5, 5.41) is 3.39. The number of para-hydroxylation sites is 2. The van der Waals surface area contributed by atoms with Crippen molar-refractivity contribution >= 4 is 11.0 Å². The van der Waals surface area contributed by atoms with Gasteiger partial charge in [-0.1, -0.05) is 31.2 Å². The average molecular weight is 339 g/mol. The van der Waals surface area contributed by atoms with Gasteiger partial charge in [0.15, 0.2) is 0 Å². The molecule has 0 aliphatic carbocycles. The minimum absolute atomic E-state index is 0.157. The Morgan fingerprint density at radius 1 is 1.20 bits per heavy atom. The first kappa shape index (κ1) is 16.1. The maximum atomic E-state index is 13.2. The molecule has 25 heavy (non-hydrogen) atoms. The largest absolute Gasteiger partial charge is 0.461 e. The van der Waals surface area contributed by atoms with Gasteiger partial charge in [0, 0.05) is 12.5 Å². The van der Waals surface area contributed by atoms with Crippen molar-refractivity contribution in [1.82, 2.24) is 14.9 Å². The monoisotopic (exact) mass is 339 g/mol. The fraction of sp³-hybridized carbons (Fsp3) is 0.350. The molecule has 2 heterocycles. The van der Waals surface area contributed by atoms with E-state index >= 15 is 0 Å². The van der Waals surface area contributed by atoms with E-state index in [1.54, 1.807) is 12.1 Å². The summed E-state index contributed by atoms with van der Waals surface area (Å²) in [5.74, 6) is 0.215. The third kappa shape index (κ3) is 3.37. The lowest BCUT2D eigenvalue weighted by molar-refractivity contribution is 0.0976. The fourth-order valence-electron chi connectivity index (χ4n) is 3.37. The highest BCUT2D eigenvalue weighted by Gasteiger charge is 2.25. The molecule has 5 heteroatoms. The molecule has 0 spiro atoms. The second-order valence-electron chi connectivity index (χ2n) is 6.72. The van der Waals surface area contributed by atoms with E-state index in [1.165, 1.54) is 12.1 Å². The number of nitrogens with zero attached hydrogens (tertiary/aromatic N) is 2. The summed E-state index contributed by atoms with van der Waals surface area (Å²) in [4.78, 5) is 4.70. The molecular formula is C20H22FN3O. The molecule has 2 aromatic carbocycles. The zero-order valence-corrected chi connectivity index (χ0v) is 14.3. The van der Waals surface area contributed by atoms with Crippen molar-refractivity contribution in [2.75, 3.05) is 13.1 Å². The molecule has 0 saturated carbocycles. The standard InChI is InChI=1S/C20H22FN3O/c1-14-12-22-11-10-19(14)25-20-23-17-4-2-3-5-18(17)24(20)13-15-6-8-16(21)9-7-15/h2-9,14,19,22H,10-13H2,1H3/t14-,19-/m1/s1. The van der Waals surface area contributed by atoms with Crippen LogP contribution >= 0.6 is 0 Å². The van der Waals surface area contributed by atoms with Crippen LogP contribution in [-0.2, 0) is 6.54 Å². The lowest BCUT2D eigenvalue weighted by Crippen LogP contribution is -2.41. The summed E-state index contributed by atoms with van der Waals surface area (Å²) in [6.45, 7) is 4.73. The number of piperidine rings is 1. The Balaban J connectivity index is 1.68. The van der Waals surface area contributed by atoms with E-state index in [-0.39, 0.29) is 11.9 Å². The van der Waals surface area contributed by atoms with Gasteiger partial charge in [-0.3, -0.25) is 4.57 Å². The summed E-state index contributed by atoms with van der Waals surface area (Å²) >= 11 is 0. The fourth-order valence-corrected chi connectivity index (χ4v) is 3.37. The highest BCUT2D eigenvalue weighted by atomic mass is 19.1. The second-order valence-corrected chi connectivity index (χ2v) is 6.72. The summed E-state index contributed by atoms with van der Waals surface area (Å²) in [5.41, 5.74) is 2.97. The van der Waals surface area contributed by atoms with E-state index in [0.29, 0.717) is 18.5 Å². The van der Waals surface area contributed by atoms with Crippen molar-refractivity contribution in [1.29, 1.82) is 0 Å². The van der Waals surface area contributed by atoms with Crippen LogP contribution in [0.3, 0.4) is 0 Å². The van der Waals surface area contributed by atoms with Crippen LogP contribution in [0.4, 0.5) is 4.39 Å². The first-order valence-corrected chi connectivity index (χ1v) is 8.78. The maximum absolute atomic E-state index is 13.2. The van der Waals surface area contributed by atoms with Gasteiger partial charge in [0.25, 0.3) is 6.01 Å². The van der Waals surface area contributed by atoms with E-state index in [4.69, 9.17) is 9.72 Å². The van der Waals surface area contributed by atoms with Gasteiger partial charge in [0.05, 0.1) is 17.6 Å². The summed E-state index contributed by atoms with van der Waals surface area (Å²) < 4.78 is 21.6. The minimum Gasteiger partial charge on any atom is -0.461 e. The molecule has 1 saturated heterocycles. The average Bonchev–Trinajstić information content (AvgIpc) is 2.96. The van der Waals surface area contributed by atoms with Crippen LogP contribution in [0, 0.1) is 11.7 Å². The van der Waals surface area contributed by atoms with Gasteiger partial charge in [-0.05, 0) is 42.8 Å². The predicted molar refractivity (Wildman–Crippen MR) is 96.3 cm³/mol. The Morgan fingerprint density at radius 2 is 2.00 bits per heavy atom. The molecule has 4 rings (SSSR count). The Bertz CT molecular complexity index is 859. The lowest BCUT2D eigenvalue weighted by atomic mass is 9.98. The first-order valence-electron chi connectivity index (χ1n) is 8.78. The molecule has 4 nitrogen and oxygen atoms in total. The zero-order valence-electron chi connectivity index (χ0n) is 14.3. The van der Waals surface area contributed by atoms with E-state index in [9.17, 15) is 4.39 Å². The van der Waals surface area contributed by atoms with Crippen LogP contribution in [-0.4, -0.2) is 28.7 Å².